The topological polar surface area (TPSA) is 88.6 Å². The number of furan rings is 1. The zero-order valence-corrected chi connectivity index (χ0v) is 14.4. The zero-order chi connectivity index (χ0) is 18.0. The minimum absolute atomic E-state index is 0.102. The van der Waals surface area contributed by atoms with Gasteiger partial charge in [-0.05, 0) is 38.5 Å². The molecule has 25 heavy (non-hydrogen) atoms. The number of nitrogens with zero attached hydrogens (tertiary/aromatic N) is 2. The number of fused-ring (bicyclic) bond motifs is 1. The van der Waals surface area contributed by atoms with Crippen LogP contribution in [0.15, 0.2) is 35.0 Å². The number of carbonyl (C=O) groups is 2. The molecule has 2 amide bonds. The molecule has 7 nitrogen and oxygen atoms in total. The first-order chi connectivity index (χ1) is 11.9. The Balaban J connectivity index is 1.53. The van der Waals surface area contributed by atoms with E-state index in [0.717, 1.165) is 16.9 Å². The number of pyridine rings is 1. The van der Waals surface area contributed by atoms with E-state index in [1.54, 1.807) is 19.9 Å². The van der Waals surface area contributed by atoms with Gasteiger partial charge in [-0.15, -0.1) is 0 Å². The van der Waals surface area contributed by atoms with Crippen molar-refractivity contribution in [2.75, 3.05) is 6.54 Å². The fourth-order valence-corrected chi connectivity index (χ4v) is 2.65. The largest absolute Gasteiger partial charge is 0.466 e. The van der Waals surface area contributed by atoms with Crippen LogP contribution >= 0.6 is 0 Å². The Morgan fingerprint density at radius 3 is 2.72 bits per heavy atom. The van der Waals surface area contributed by atoms with Crippen LogP contribution in [-0.4, -0.2) is 27.7 Å². The van der Waals surface area contributed by atoms with E-state index in [1.165, 1.54) is 0 Å². The lowest BCUT2D eigenvalue weighted by molar-refractivity contribution is -0.120. The monoisotopic (exact) mass is 340 g/mol. The van der Waals surface area contributed by atoms with Crippen molar-refractivity contribution in [3.63, 3.8) is 0 Å². The maximum absolute atomic E-state index is 12.0. The van der Waals surface area contributed by atoms with Gasteiger partial charge in [0.25, 0.3) is 5.91 Å². The Bertz CT molecular complexity index is 939. The number of imidazole rings is 1. The van der Waals surface area contributed by atoms with E-state index < -0.39 is 0 Å². The lowest BCUT2D eigenvalue weighted by atomic mass is 10.2. The van der Waals surface area contributed by atoms with Crippen molar-refractivity contribution < 1.29 is 14.0 Å². The van der Waals surface area contributed by atoms with Gasteiger partial charge in [0, 0.05) is 12.4 Å². The Kier molecular flexibility index (Phi) is 4.56. The second-order valence-electron chi connectivity index (χ2n) is 5.94. The fourth-order valence-electron chi connectivity index (χ4n) is 2.65. The van der Waals surface area contributed by atoms with Crippen molar-refractivity contribution in [2.45, 2.75) is 27.3 Å². The van der Waals surface area contributed by atoms with Gasteiger partial charge in [-0.25, -0.2) is 4.98 Å². The molecule has 0 aromatic carbocycles. The predicted molar refractivity (Wildman–Crippen MR) is 92.3 cm³/mol. The maximum Gasteiger partial charge on any atom is 0.255 e. The molecule has 0 aliphatic heterocycles. The van der Waals surface area contributed by atoms with Crippen LogP contribution in [0.5, 0.6) is 0 Å². The molecule has 130 valence electrons. The van der Waals surface area contributed by atoms with Gasteiger partial charge < -0.3 is 19.5 Å². The highest BCUT2D eigenvalue weighted by Gasteiger charge is 2.14. The number of hydrogen-bond donors (Lipinski definition) is 2. The number of nitrogens with one attached hydrogen (secondary N) is 2. The van der Waals surface area contributed by atoms with Crippen molar-refractivity contribution in [3.8, 4) is 0 Å². The van der Waals surface area contributed by atoms with Crippen LogP contribution in [0.4, 0.5) is 0 Å². The highest BCUT2D eigenvalue weighted by atomic mass is 16.3. The number of amides is 2. The van der Waals surface area contributed by atoms with Crippen molar-refractivity contribution in [1.29, 1.82) is 0 Å². The SMILES string of the molecule is Cc1cc(C(=O)NCC(=O)NCc2cn3cccc(C)c3n2)c(C)o1. The van der Waals surface area contributed by atoms with Crippen LogP contribution in [0.3, 0.4) is 0 Å². The Labute approximate surface area is 145 Å². The standard InChI is InChI=1S/C18H20N4O3/c1-11-5-4-6-22-10-14(21-17(11)22)8-19-16(23)9-20-18(24)15-7-12(2)25-13(15)3/h4-7,10H,8-9H2,1-3H3,(H,19,23)(H,20,24). The summed E-state index contributed by atoms with van der Waals surface area (Å²) in [5.41, 5.74) is 3.14. The minimum atomic E-state index is -0.326. The van der Waals surface area contributed by atoms with Crippen molar-refractivity contribution in [2.24, 2.45) is 0 Å². The molecule has 0 saturated carbocycles. The van der Waals surface area contributed by atoms with Crippen LogP contribution in [0.1, 0.15) is 33.1 Å². The van der Waals surface area contributed by atoms with Gasteiger partial charge in [0.2, 0.25) is 5.91 Å². The quantitative estimate of drug-likeness (QED) is 0.742. The Morgan fingerprint density at radius 2 is 2.04 bits per heavy atom. The molecule has 0 spiro atoms. The third kappa shape index (κ3) is 3.71. The van der Waals surface area contributed by atoms with Crippen LogP contribution in [0.25, 0.3) is 5.65 Å². The molecule has 0 fully saturated rings. The summed E-state index contributed by atoms with van der Waals surface area (Å²) in [5, 5.41) is 5.34. The summed E-state index contributed by atoms with van der Waals surface area (Å²) in [6, 6.07) is 5.59. The zero-order valence-electron chi connectivity index (χ0n) is 14.4. The third-order valence-corrected chi connectivity index (χ3v) is 3.89. The van der Waals surface area contributed by atoms with Gasteiger partial charge in [0.1, 0.15) is 17.2 Å². The number of aromatic nitrogens is 2. The number of hydrogen-bond acceptors (Lipinski definition) is 4. The molecule has 2 N–H and O–H groups in total. The molecule has 0 bridgehead atoms. The lowest BCUT2D eigenvalue weighted by Crippen LogP contribution is -2.36. The van der Waals surface area contributed by atoms with Crippen molar-refractivity contribution in [3.05, 3.63) is 58.9 Å². The molecule has 0 unspecified atom stereocenters. The molecule has 0 aliphatic rings. The molecular formula is C18H20N4O3. The molecule has 0 saturated heterocycles. The highest BCUT2D eigenvalue weighted by Crippen LogP contribution is 2.13. The molecule has 3 aromatic rings. The van der Waals surface area contributed by atoms with E-state index in [1.807, 2.05) is 35.9 Å². The maximum atomic E-state index is 12.0. The van der Waals surface area contributed by atoms with E-state index in [4.69, 9.17) is 4.42 Å². The molecular weight excluding hydrogens is 320 g/mol. The van der Waals surface area contributed by atoms with Gasteiger partial charge in [-0.2, -0.15) is 0 Å². The van der Waals surface area contributed by atoms with Crippen LogP contribution in [0.2, 0.25) is 0 Å². The normalized spacial score (nSPS) is 10.8. The second kappa shape index (κ2) is 6.80. The summed E-state index contributed by atoms with van der Waals surface area (Å²) >= 11 is 0. The minimum Gasteiger partial charge on any atom is -0.466 e. The smallest absolute Gasteiger partial charge is 0.255 e. The van der Waals surface area contributed by atoms with E-state index in [-0.39, 0.29) is 18.4 Å². The molecule has 3 heterocycles. The first-order valence-corrected chi connectivity index (χ1v) is 7.99. The molecule has 3 rings (SSSR count). The first kappa shape index (κ1) is 16.8. The highest BCUT2D eigenvalue weighted by molar-refractivity contribution is 5.97. The van der Waals surface area contributed by atoms with E-state index in [9.17, 15) is 9.59 Å². The van der Waals surface area contributed by atoms with Crippen LogP contribution in [-0.2, 0) is 11.3 Å². The lowest BCUT2D eigenvalue weighted by Gasteiger charge is -2.05. The number of aryl methyl sites for hydroxylation is 3. The van der Waals surface area contributed by atoms with Crippen molar-refractivity contribution in [1.82, 2.24) is 20.0 Å². The second-order valence-corrected chi connectivity index (χ2v) is 5.94. The average Bonchev–Trinajstić information content (AvgIpc) is 3.14. The van der Waals surface area contributed by atoms with Crippen LogP contribution < -0.4 is 10.6 Å². The van der Waals surface area contributed by atoms with E-state index >= 15 is 0 Å². The molecule has 0 aliphatic carbocycles. The van der Waals surface area contributed by atoms with E-state index in [2.05, 4.69) is 15.6 Å². The summed E-state index contributed by atoms with van der Waals surface area (Å²) in [7, 11) is 0. The first-order valence-electron chi connectivity index (χ1n) is 7.99. The summed E-state index contributed by atoms with van der Waals surface area (Å²) in [4.78, 5) is 28.5. The van der Waals surface area contributed by atoms with Gasteiger partial charge in [0.15, 0.2) is 0 Å². The molecule has 0 radical (unpaired) electrons. The van der Waals surface area contributed by atoms with Crippen molar-refractivity contribution >= 4 is 17.5 Å². The Morgan fingerprint density at radius 1 is 1.24 bits per heavy atom. The summed E-state index contributed by atoms with van der Waals surface area (Å²) in [6.45, 7) is 5.68. The summed E-state index contributed by atoms with van der Waals surface area (Å²) < 4.78 is 7.23. The molecule has 7 heteroatoms. The van der Waals surface area contributed by atoms with Gasteiger partial charge >= 0.3 is 0 Å². The number of rotatable bonds is 5. The van der Waals surface area contributed by atoms with Gasteiger partial charge in [0.05, 0.1) is 24.3 Å². The average molecular weight is 340 g/mol. The Hall–Kier alpha value is -3.09. The fraction of sp³-hybridized carbons (Fsp3) is 0.278. The predicted octanol–water partition coefficient (Wildman–Crippen LogP) is 1.90. The van der Waals surface area contributed by atoms with Gasteiger partial charge in [-0.1, -0.05) is 6.07 Å². The third-order valence-electron chi connectivity index (χ3n) is 3.89. The van der Waals surface area contributed by atoms with Crippen LogP contribution in [0, 0.1) is 20.8 Å². The molecule has 3 aromatic heterocycles. The van der Waals surface area contributed by atoms with E-state index in [0.29, 0.717) is 23.6 Å². The van der Waals surface area contributed by atoms with Gasteiger partial charge in [-0.3, -0.25) is 9.59 Å². The summed E-state index contributed by atoms with van der Waals surface area (Å²) in [5.74, 6) is 0.595. The summed E-state index contributed by atoms with van der Waals surface area (Å²) in [6.07, 6.45) is 3.79. The molecule has 0 atom stereocenters. The number of carbonyl (C=O) groups excluding carboxylic acids is 2.